The largest absolute Gasteiger partial charge is 0.495 e. The molecule has 1 atom stereocenters. The van der Waals surface area contributed by atoms with E-state index in [1.807, 2.05) is 0 Å². The van der Waals surface area contributed by atoms with Crippen molar-refractivity contribution >= 4 is 22.6 Å². The van der Waals surface area contributed by atoms with Crippen LogP contribution in [0.1, 0.15) is 29.0 Å². The van der Waals surface area contributed by atoms with Crippen molar-refractivity contribution in [3.05, 3.63) is 77.8 Å². The van der Waals surface area contributed by atoms with E-state index in [1.54, 1.807) is 35.5 Å². The Bertz CT molecular complexity index is 1330. The molecule has 0 unspecified atom stereocenters. The average Bonchev–Trinajstić information content (AvgIpc) is 3.47. The van der Waals surface area contributed by atoms with E-state index in [2.05, 4.69) is 19.9 Å². The maximum Gasteiger partial charge on any atom is 0.258 e. The molecule has 0 saturated heterocycles. The summed E-state index contributed by atoms with van der Waals surface area (Å²) in [6, 6.07) is 7.10. The van der Waals surface area contributed by atoms with Crippen molar-refractivity contribution in [2.24, 2.45) is 5.73 Å². The van der Waals surface area contributed by atoms with Crippen molar-refractivity contribution in [1.82, 2.24) is 24.8 Å². The number of carbonyl (C=O) groups is 1. The summed E-state index contributed by atoms with van der Waals surface area (Å²) in [6.07, 6.45) is 4.84. The summed E-state index contributed by atoms with van der Waals surface area (Å²) in [5.74, 6) is -0.164. The van der Waals surface area contributed by atoms with Gasteiger partial charge in [0.15, 0.2) is 17.4 Å². The number of amides is 1. The lowest BCUT2D eigenvalue weighted by Gasteiger charge is -2.33. The van der Waals surface area contributed by atoms with Gasteiger partial charge < -0.3 is 24.8 Å². The molecule has 162 valence electrons. The van der Waals surface area contributed by atoms with E-state index in [0.717, 1.165) is 5.69 Å². The molecule has 9 nitrogen and oxygen atoms in total. The van der Waals surface area contributed by atoms with E-state index < -0.39 is 11.9 Å². The number of imidazole rings is 1. The van der Waals surface area contributed by atoms with Crippen LogP contribution in [0.25, 0.3) is 16.7 Å². The van der Waals surface area contributed by atoms with Gasteiger partial charge in [0, 0.05) is 24.9 Å². The van der Waals surface area contributed by atoms with Crippen molar-refractivity contribution in [3.8, 4) is 5.75 Å². The highest BCUT2D eigenvalue weighted by atomic mass is 19.1. The van der Waals surface area contributed by atoms with Crippen LogP contribution in [0, 0.1) is 5.82 Å². The van der Waals surface area contributed by atoms with Gasteiger partial charge in [0.25, 0.3) is 5.91 Å². The van der Waals surface area contributed by atoms with Crippen LogP contribution in [0.5, 0.6) is 5.75 Å². The number of nitrogens with one attached hydrogen (secondary N) is 1. The molecular formula is C22H19FN6O3. The SMILES string of the molecule is COc1ccc(C(=CN)C(=O)N2CCc3[nH]cnc3[C@H]2c2nc3cccc(F)c3o2)nc1. The zero-order valence-corrected chi connectivity index (χ0v) is 17.1. The second kappa shape index (κ2) is 7.80. The molecule has 1 aromatic carbocycles. The van der Waals surface area contributed by atoms with Crippen molar-refractivity contribution in [2.45, 2.75) is 12.5 Å². The number of fused-ring (bicyclic) bond motifs is 2. The zero-order chi connectivity index (χ0) is 22.2. The summed E-state index contributed by atoms with van der Waals surface area (Å²) in [4.78, 5) is 31.4. The quantitative estimate of drug-likeness (QED) is 0.473. The number of ether oxygens (including phenoxy) is 1. The molecule has 0 radical (unpaired) electrons. The highest BCUT2D eigenvalue weighted by Crippen LogP contribution is 2.36. The predicted octanol–water partition coefficient (Wildman–Crippen LogP) is 2.57. The molecule has 0 aliphatic carbocycles. The number of H-pyrrole nitrogens is 1. The molecule has 0 bridgehead atoms. The Morgan fingerprint density at radius 1 is 1.34 bits per heavy atom. The lowest BCUT2D eigenvalue weighted by Crippen LogP contribution is -2.41. The van der Waals surface area contributed by atoms with Crippen molar-refractivity contribution in [2.75, 3.05) is 13.7 Å². The van der Waals surface area contributed by atoms with E-state index >= 15 is 0 Å². The van der Waals surface area contributed by atoms with Crippen LogP contribution in [-0.4, -0.2) is 44.4 Å². The van der Waals surface area contributed by atoms with Gasteiger partial charge >= 0.3 is 0 Å². The van der Waals surface area contributed by atoms with E-state index in [0.29, 0.717) is 35.6 Å². The van der Waals surface area contributed by atoms with Gasteiger partial charge in [-0.15, -0.1) is 0 Å². The zero-order valence-electron chi connectivity index (χ0n) is 17.1. The van der Waals surface area contributed by atoms with Gasteiger partial charge in [0.1, 0.15) is 11.3 Å². The van der Waals surface area contributed by atoms with Gasteiger partial charge in [-0.2, -0.15) is 0 Å². The lowest BCUT2D eigenvalue weighted by atomic mass is 10.0. The molecular weight excluding hydrogens is 415 g/mol. The van der Waals surface area contributed by atoms with Gasteiger partial charge in [-0.25, -0.2) is 14.4 Å². The van der Waals surface area contributed by atoms with Crippen LogP contribution in [-0.2, 0) is 11.2 Å². The molecule has 5 rings (SSSR count). The van der Waals surface area contributed by atoms with E-state index in [4.69, 9.17) is 14.9 Å². The standard InChI is InChI=1S/C22H19FN6O3/c1-31-12-5-6-15(25-10-12)13(9-24)22(30)29-8-7-16-18(27-11-26-16)19(29)21-28-17-4-2-3-14(23)20(17)32-21/h2-6,9-11,19H,7-8,24H2,1H3,(H,26,27)/t19-/m0/s1. The Balaban J connectivity index is 1.58. The van der Waals surface area contributed by atoms with Crippen LogP contribution >= 0.6 is 0 Å². The minimum atomic E-state index is -0.752. The molecule has 0 fully saturated rings. The van der Waals surface area contributed by atoms with Crippen molar-refractivity contribution < 1.29 is 18.3 Å². The summed E-state index contributed by atoms with van der Waals surface area (Å²) in [5, 5.41) is 0. The monoisotopic (exact) mass is 434 g/mol. The number of methoxy groups -OCH3 is 1. The molecule has 10 heteroatoms. The van der Waals surface area contributed by atoms with Gasteiger partial charge in [-0.05, 0) is 24.3 Å². The minimum absolute atomic E-state index is 0.0315. The molecule has 4 aromatic rings. The Kier molecular flexibility index (Phi) is 4.81. The Morgan fingerprint density at radius 3 is 2.94 bits per heavy atom. The fraction of sp³-hybridized carbons (Fsp3) is 0.182. The van der Waals surface area contributed by atoms with E-state index in [1.165, 1.54) is 25.6 Å². The molecule has 1 aliphatic heterocycles. The predicted molar refractivity (Wildman–Crippen MR) is 113 cm³/mol. The number of aromatic nitrogens is 4. The summed E-state index contributed by atoms with van der Waals surface area (Å²) >= 11 is 0. The summed E-state index contributed by atoms with van der Waals surface area (Å²) in [6.45, 7) is 0.355. The third kappa shape index (κ3) is 3.16. The third-order valence-corrected chi connectivity index (χ3v) is 5.45. The van der Waals surface area contributed by atoms with Crippen molar-refractivity contribution in [1.29, 1.82) is 0 Å². The topological polar surface area (TPSA) is 123 Å². The second-order valence-electron chi connectivity index (χ2n) is 7.22. The van der Waals surface area contributed by atoms with Gasteiger partial charge in [0.2, 0.25) is 5.89 Å². The highest BCUT2D eigenvalue weighted by Gasteiger charge is 2.39. The summed E-state index contributed by atoms with van der Waals surface area (Å²) < 4.78 is 25.2. The number of hydrogen-bond donors (Lipinski definition) is 2. The average molecular weight is 434 g/mol. The number of nitrogens with two attached hydrogens (primary N) is 1. The van der Waals surface area contributed by atoms with Crippen LogP contribution in [0.15, 0.2) is 53.5 Å². The molecule has 0 saturated carbocycles. The number of pyridine rings is 1. The number of para-hydroxylation sites is 1. The van der Waals surface area contributed by atoms with E-state index in [-0.39, 0.29) is 23.0 Å². The number of aromatic amines is 1. The van der Waals surface area contributed by atoms with Gasteiger partial charge in [-0.3, -0.25) is 9.78 Å². The maximum absolute atomic E-state index is 14.2. The van der Waals surface area contributed by atoms with Gasteiger partial charge in [-0.1, -0.05) is 6.07 Å². The number of oxazole rings is 1. The van der Waals surface area contributed by atoms with Crippen LogP contribution in [0.3, 0.4) is 0 Å². The number of rotatable bonds is 4. The Hall–Kier alpha value is -4.21. The van der Waals surface area contributed by atoms with Crippen molar-refractivity contribution in [3.63, 3.8) is 0 Å². The summed E-state index contributed by atoms with van der Waals surface area (Å²) in [7, 11) is 1.53. The smallest absolute Gasteiger partial charge is 0.258 e. The molecule has 1 amide bonds. The Labute approximate surface area is 181 Å². The number of nitrogens with zero attached hydrogens (tertiary/aromatic N) is 4. The molecule has 4 heterocycles. The highest BCUT2D eigenvalue weighted by molar-refractivity contribution is 6.19. The molecule has 0 spiro atoms. The van der Waals surface area contributed by atoms with Crippen LogP contribution < -0.4 is 10.5 Å². The molecule has 1 aliphatic rings. The number of halogens is 1. The van der Waals surface area contributed by atoms with E-state index in [9.17, 15) is 9.18 Å². The maximum atomic E-state index is 14.2. The fourth-order valence-electron chi connectivity index (χ4n) is 3.88. The third-order valence-electron chi connectivity index (χ3n) is 5.45. The normalized spacial score (nSPS) is 16.2. The van der Waals surface area contributed by atoms with Gasteiger partial charge in [0.05, 0.1) is 36.6 Å². The van der Waals surface area contributed by atoms with Crippen LogP contribution in [0.2, 0.25) is 0 Å². The van der Waals surface area contributed by atoms with Crippen LogP contribution in [0.4, 0.5) is 4.39 Å². The number of benzene rings is 1. The molecule has 3 N–H and O–H groups in total. The lowest BCUT2D eigenvalue weighted by molar-refractivity contribution is -0.127. The number of hydrogen-bond acceptors (Lipinski definition) is 7. The first-order valence-corrected chi connectivity index (χ1v) is 9.91. The fourth-order valence-corrected chi connectivity index (χ4v) is 3.88. The Morgan fingerprint density at radius 2 is 2.22 bits per heavy atom. The molecule has 3 aromatic heterocycles. The molecule has 32 heavy (non-hydrogen) atoms. The second-order valence-corrected chi connectivity index (χ2v) is 7.22. The first-order chi connectivity index (χ1) is 15.6. The first-order valence-electron chi connectivity index (χ1n) is 9.91. The first kappa shape index (κ1) is 19.7. The minimum Gasteiger partial charge on any atom is -0.495 e. The summed E-state index contributed by atoms with van der Waals surface area (Å²) in [5.41, 5.74) is 8.29. The number of carbonyl (C=O) groups excluding carboxylic acids is 1.